The Bertz CT molecular complexity index is 1700. The predicted molar refractivity (Wildman–Crippen MR) is 140 cm³/mol. The van der Waals surface area contributed by atoms with E-state index in [0.717, 1.165) is 70.5 Å². The number of hydrogen-bond acceptors (Lipinski definition) is 8. The van der Waals surface area contributed by atoms with Crippen LogP contribution in [-0.4, -0.2) is 59.3 Å². The summed E-state index contributed by atoms with van der Waals surface area (Å²) in [7, 11) is 0. The molecular weight excluding hydrogens is 466 g/mol. The number of hydrogen-bond donors (Lipinski definition) is 3. The van der Waals surface area contributed by atoms with Crippen LogP contribution in [0.2, 0.25) is 0 Å². The Balaban J connectivity index is 1.26. The van der Waals surface area contributed by atoms with Crippen LogP contribution in [0, 0.1) is 0 Å². The summed E-state index contributed by atoms with van der Waals surface area (Å²) in [6, 6.07) is 9.97. The van der Waals surface area contributed by atoms with Gasteiger partial charge in [-0.2, -0.15) is 5.10 Å². The van der Waals surface area contributed by atoms with Crippen molar-refractivity contribution in [2.75, 3.05) is 13.1 Å². The molecule has 6 aromatic heterocycles. The van der Waals surface area contributed by atoms with Crippen LogP contribution in [-0.2, 0) is 0 Å². The van der Waals surface area contributed by atoms with Gasteiger partial charge < -0.3 is 15.0 Å². The van der Waals surface area contributed by atoms with Crippen LogP contribution < -0.4 is 10.1 Å². The lowest BCUT2D eigenvalue weighted by Crippen LogP contribution is -2.34. The van der Waals surface area contributed by atoms with Gasteiger partial charge in [0.05, 0.1) is 17.1 Å². The number of nitrogens with zero attached hydrogens (tertiary/aromatic N) is 6. The van der Waals surface area contributed by atoms with Crippen molar-refractivity contribution in [2.24, 2.45) is 0 Å². The second kappa shape index (κ2) is 9.07. The van der Waals surface area contributed by atoms with E-state index in [2.05, 4.69) is 46.5 Å². The smallest absolute Gasteiger partial charge is 0.181 e. The zero-order valence-corrected chi connectivity index (χ0v) is 19.8. The summed E-state index contributed by atoms with van der Waals surface area (Å²) in [5.74, 6) is 1.41. The molecule has 7 rings (SSSR count). The molecule has 0 aliphatic carbocycles. The summed E-state index contributed by atoms with van der Waals surface area (Å²) in [5, 5.41) is 11.7. The molecular formula is C27H23N9O. The van der Waals surface area contributed by atoms with Gasteiger partial charge in [-0.15, -0.1) is 0 Å². The van der Waals surface area contributed by atoms with E-state index < -0.39 is 0 Å². The van der Waals surface area contributed by atoms with Crippen molar-refractivity contribution in [2.45, 2.75) is 18.9 Å². The molecule has 6 aromatic rings. The molecule has 10 nitrogen and oxygen atoms in total. The zero-order valence-electron chi connectivity index (χ0n) is 19.8. The first-order chi connectivity index (χ1) is 18.3. The molecule has 3 N–H and O–H groups in total. The fraction of sp³-hybridized carbons (Fsp3) is 0.185. The predicted octanol–water partition coefficient (Wildman–Crippen LogP) is 4.15. The second-order valence-corrected chi connectivity index (χ2v) is 9.05. The van der Waals surface area contributed by atoms with Gasteiger partial charge in [0, 0.05) is 47.7 Å². The lowest BCUT2D eigenvalue weighted by atomic mass is 10.1. The lowest BCUT2D eigenvalue weighted by molar-refractivity contribution is 0.162. The van der Waals surface area contributed by atoms with Crippen LogP contribution in [0.3, 0.4) is 0 Å². The normalized spacial score (nSPS) is 14.4. The Morgan fingerprint density at radius 2 is 1.68 bits per heavy atom. The van der Waals surface area contributed by atoms with Gasteiger partial charge in [0.2, 0.25) is 0 Å². The minimum atomic E-state index is 0.207. The number of piperidine rings is 1. The minimum absolute atomic E-state index is 0.207. The minimum Gasteiger partial charge on any atom is -0.489 e. The number of pyridine rings is 4. The molecule has 0 atom stereocenters. The van der Waals surface area contributed by atoms with E-state index in [-0.39, 0.29) is 6.10 Å². The van der Waals surface area contributed by atoms with Gasteiger partial charge >= 0.3 is 0 Å². The molecule has 1 saturated heterocycles. The molecule has 182 valence electrons. The van der Waals surface area contributed by atoms with E-state index in [9.17, 15) is 0 Å². The number of fused-ring (bicyclic) bond motifs is 2. The van der Waals surface area contributed by atoms with E-state index in [1.807, 2.05) is 30.5 Å². The van der Waals surface area contributed by atoms with Crippen molar-refractivity contribution in [1.29, 1.82) is 0 Å². The number of H-pyrrole nitrogens is 2. The van der Waals surface area contributed by atoms with Crippen LogP contribution in [0.4, 0.5) is 0 Å². The van der Waals surface area contributed by atoms with Gasteiger partial charge in [-0.3, -0.25) is 15.1 Å². The van der Waals surface area contributed by atoms with Crippen LogP contribution >= 0.6 is 0 Å². The molecule has 37 heavy (non-hydrogen) atoms. The van der Waals surface area contributed by atoms with Gasteiger partial charge in [-0.25, -0.2) is 15.0 Å². The monoisotopic (exact) mass is 489 g/mol. The summed E-state index contributed by atoms with van der Waals surface area (Å²) in [5.41, 5.74) is 6.73. The number of nitrogens with one attached hydrogen (secondary N) is 3. The molecule has 1 fully saturated rings. The summed E-state index contributed by atoms with van der Waals surface area (Å²) in [6.07, 6.45) is 12.9. The highest BCUT2D eigenvalue weighted by Crippen LogP contribution is 2.32. The molecule has 0 aromatic carbocycles. The summed E-state index contributed by atoms with van der Waals surface area (Å²) in [6.45, 7) is 1.95. The fourth-order valence-corrected chi connectivity index (χ4v) is 4.79. The summed E-state index contributed by atoms with van der Waals surface area (Å²) < 4.78 is 6.20. The Morgan fingerprint density at radius 3 is 2.57 bits per heavy atom. The molecule has 0 bridgehead atoms. The van der Waals surface area contributed by atoms with Crippen molar-refractivity contribution >= 4 is 22.2 Å². The van der Waals surface area contributed by atoms with Crippen LogP contribution in [0.15, 0.2) is 67.5 Å². The summed E-state index contributed by atoms with van der Waals surface area (Å²) >= 11 is 0. The number of imidazole rings is 1. The Hall–Kier alpha value is -4.70. The molecule has 1 aliphatic heterocycles. The molecule has 0 saturated carbocycles. The molecule has 1 aliphatic rings. The number of aromatic nitrogens is 8. The van der Waals surface area contributed by atoms with Gasteiger partial charge in [0.15, 0.2) is 17.1 Å². The largest absolute Gasteiger partial charge is 0.489 e. The Morgan fingerprint density at radius 1 is 0.811 bits per heavy atom. The summed E-state index contributed by atoms with van der Waals surface area (Å²) in [4.78, 5) is 25.8. The molecule has 10 heteroatoms. The van der Waals surface area contributed by atoms with Crippen LogP contribution in [0.25, 0.3) is 56.0 Å². The second-order valence-electron chi connectivity index (χ2n) is 9.05. The first kappa shape index (κ1) is 21.6. The van der Waals surface area contributed by atoms with Crippen molar-refractivity contribution < 1.29 is 4.74 Å². The molecule has 0 amide bonds. The third kappa shape index (κ3) is 4.07. The standard InChI is InChI=1S/C27H23N9O/c1-6-28-7-2-16(1)21-5-10-31-26-23(21)33-27(34-26)24-22-12-18(14-32-25(22)36-35-24)17-11-20(15-30-13-17)37-19-3-8-29-9-4-19/h1-2,5-7,10-15,19,29H,3-4,8-9H2,(H,31,33,34)(H,32,35,36). The first-order valence-corrected chi connectivity index (χ1v) is 12.2. The van der Waals surface area contributed by atoms with Crippen LogP contribution in [0.5, 0.6) is 5.75 Å². The van der Waals surface area contributed by atoms with E-state index in [4.69, 9.17) is 9.72 Å². The average molecular weight is 490 g/mol. The highest BCUT2D eigenvalue weighted by molar-refractivity contribution is 5.96. The van der Waals surface area contributed by atoms with Crippen molar-refractivity contribution in [3.63, 3.8) is 0 Å². The topological polar surface area (TPSA) is 130 Å². The van der Waals surface area contributed by atoms with Gasteiger partial charge in [0.25, 0.3) is 0 Å². The van der Waals surface area contributed by atoms with Crippen molar-refractivity contribution in [1.82, 2.24) is 45.4 Å². The maximum absolute atomic E-state index is 6.20. The number of rotatable bonds is 5. The van der Waals surface area contributed by atoms with E-state index >= 15 is 0 Å². The molecule has 7 heterocycles. The highest BCUT2D eigenvalue weighted by atomic mass is 16.5. The van der Waals surface area contributed by atoms with E-state index in [1.165, 1.54) is 0 Å². The fourth-order valence-electron chi connectivity index (χ4n) is 4.79. The first-order valence-electron chi connectivity index (χ1n) is 12.2. The number of aromatic amines is 2. The van der Waals surface area contributed by atoms with Crippen LogP contribution in [0.1, 0.15) is 12.8 Å². The average Bonchev–Trinajstić information content (AvgIpc) is 3.58. The zero-order chi connectivity index (χ0) is 24.6. The molecule has 0 unspecified atom stereocenters. The number of ether oxygens (including phenoxy) is 1. The van der Waals surface area contributed by atoms with Gasteiger partial charge in [-0.05, 0) is 61.8 Å². The quantitative estimate of drug-likeness (QED) is 0.329. The SMILES string of the molecule is c1cc(-c2ccnc3nc(-c4[nH]nc5ncc(-c6cncc(OC7CCNCC7)c6)cc45)[nH]c23)ccn1. The van der Waals surface area contributed by atoms with E-state index in [1.54, 1.807) is 31.0 Å². The Labute approximate surface area is 211 Å². The highest BCUT2D eigenvalue weighted by Gasteiger charge is 2.18. The molecule has 0 spiro atoms. The third-order valence-electron chi connectivity index (χ3n) is 6.67. The molecule has 0 radical (unpaired) electrons. The van der Waals surface area contributed by atoms with Gasteiger partial charge in [-0.1, -0.05) is 0 Å². The van der Waals surface area contributed by atoms with Crippen molar-refractivity contribution in [3.05, 3.63) is 67.5 Å². The maximum Gasteiger partial charge on any atom is 0.181 e. The van der Waals surface area contributed by atoms with Crippen molar-refractivity contribution in [3.8, 4) is 39.5 Å². The lowest BCUT2D eigenvalue weighted by Gasteiger charge is -2.23. The van der Waals surface area contributed by atoms with E-state index in [0.29, 0.717) is 17.1 Å². The Kier molecular flexibility index (Phi) is 5.29. The maximum atomic E-state index is 6.20. The van der Waals surface area contributed by atoms with Gasteiger partial charge in [0.1, 0.15) is 17.5 Å². The third-order valence-corrected chi connectivity index (χ3v) is 6.67.